The van der Waals surface area contributed by atoms with E-state index in [0.29, 0.717) is 28.4 Å². The molecule has 0 saturated heterocycles. The lowest BCUT2D eigenvalue weighted by Gasteiger charge is -2.21. The smallest absolute Gasteiger partial charge is 0.435 e. The Hall–Kier alpha value is -5.33. The SMILES string of the molecule is CCCCCCOC(=O)/N=C(\N)c1cc(NC(C)c2nc3cc(C(=O)N(CCC(=O)OC)c4ccccn4)ccc3n2C)ccc1F. The van der Waals surface area contributed by atoms with Crippen LogP contribution in [0.4, 0.5) is 20.7 Å². The summed E-state index contributed by atoms with van der Waals surface area (Å²) in [6.45, 7) is 4.29. The van der Waals surface area contributed by atoms with Gasteiger partial charge in [-0.3, -0.25) is 14.5 Å². The third kappa shape index (κ3) is 8.90. The van der Waals surface area contributed by atoms with Crippen molar-refractivity contribution in [2.75, 3.05) is 30.5 Å². The molecule has 1 unspecified atom stereocenters. The first-order chi connectivity index (χ1) is 22.6. The molecule has 0 aliphatic rings. The highest BCUT2D eigenvalue weighted by molar-refractivity contribution is 6.07. The summed E-state index contributed by atoms with van der Waals surface area (Å²) in [6.07, 6.45) is 4.49. The summed E-state index contributed by atoms with van der Waals surface area (Å²) in [5, 5.41) is 3.30. The van der Waals surface area contributed by atoms with Gasteiger partial charge in [-0.1, -0.05) is 32.3 Å². The van der Waals surface area contributed by atoms with Crippen molar-refractivity contribution in [3.8, 4) is 0 Å². The Morgan fingerprint density at radius 1 is 1.11 bits per heavy atom. The maximum atomic E-state index is 14.7. The standard InChI is InChI=1S/C34H40FN7O5/c1-5-6-7-10-19-47-34(45)40-31(36)25-21-24(13-14-26(25)35)38-22(2)32-39-27-20-23(12-15-28(27)41(32)3)33(44)42(18-16-30(43)46-4)29-11-8-9-17-37-29/h8-9,11-15,17,20-22,38H,5-7,10,16,18-19H2,1-4H3,(H2,36,40,45). The molecule has 13 heteroatoms. The third-order valence-electron chi connectivity index (χ3n) is 7.55. The molecule has 3 N–H and O–H groups in total. The average Bonchev–Trinajstić information content (AvgIpc) is 3.41. The number of hydrogen-bond acceptors (Lipinski definition) is 8. The van der Waals surface area contributed by atoms with Gasteiger partial charge in [-0.05, 0) is 61.9 Å². The number of esters is 1. The Balaban J connectivity index is 1.51. The van der Waals surface area contributed by atoms with Gasteiger partial charge >= 0.3 is 12.1 Å². The molecule has 4 aromatic rings. The number of unbranched alkanes of at least 4 members (excludes halogenated alkanes) is 3. The van der Waals surface area contributed by atoms with Crippen molar-refractivity contribution in [2.45, 2.75) is 52.0 Å². The van der Waals surface area contributed by atoms with Crippen molar-refractivity contribution < 1.29 is 28.2 Å². The molecule has 47 heavy (non-hydrogen) atoms. The number of aromatic nitrogens is 3. The molecule has 1 atom stereocenters. The van der Waals surface area contributed by atoms with Crippen molar-refractivity contribution in [3.63, 3.8) is 0 Å². The molecule has 12 nitrogen and oxygen atoms in total. The number of benzene rings is 2. The zero-order valence-electron chi connectivity index (χ0n) is 27.0. The van der Waals surface area contributed by atoms with Crippen LogP contribution in [0.3, 0.4) is 0 Å². The molecule has 2 heterocycles. The zero-order valence-corrected chi connectivity index (χ0v) is 27.0. The van der Waals surface area contributed by atoms with E-state index in [2.05, 4.69) is 22.2 Å². The Kier molecular flexibility index (Phi) is 12.0. The number of fused-ring (bicyclic) bond motifs is 1. The summed E-state index contributed by atoms with van der Waals surface area (Å²) in [5.74, 6) is -0.647. The van der Waals surface area contributed by atoms with E-state index in [1.165, 1.54) is 24.1 Å². The Morgan fingerprint density at radius 3 is 2.64 bits per heavy atom. The van der Waals surface area contributed by atoms with Gasteiger partial charge in [0.2, 0.25) is 0 Å². The molecule has 2 aromatic heterocycles. The van der Waals surface area contributed by atoms with E-state index in [4.69, 9.17) is 20.2 Å². The topological polar surface area (TPSA) is 154 Å². The molecule has 2 aromatic carbocycles. The lowest BCUT2D eigenvalue weighted by molar-refractivity contribution is -0.140. The van der Waals surface area contributed by atoms with Gasteiger partial charge in [0.25, 0.3) is 5.91 Å². The van der Waals surface area contributed by atoms with E-state index in [1.807, 2.05) is 18.5 Å². The van der Waals surface area contributed by atoms with E-state index >= 15 is 0 Å². The van der Waals surface area contributed by atoms with Crippen LogP contribution in [0.15, 0.2) is 65.8 Å². The molecule has 0 aliphatic heterocycles. The molecule has 0 bridgehead atoms. The molecule has 0 saturated carbocycles. The highest BCUT2D eigenvalue weighted by Crippen LogP contribution is 2.26. The molecule has 0 radical (unpaired) electrons. The van der Waals surface area contributed by atoms with Crippen LogP contribution < -0.4 is 16.0 Å². The van der Waals surface area contributed by atoms with Crippen LogP contribution in [0, 0.1) is 5.82 Å². The summed E-state index contributed by atoms with van der Waals surface area (Å²) < 4.78 is 26.4. The van der Waals surface area contributed by atoms with Gasteiger partial charge in [0.05, 0.1) is 42.8 Å². The number of amides is 2. The number of carbonyl (C=O) groups excluding carboxylic acids is 3. The second-order valence-electron chi connectivity index (χ2n) is 10.9. The number of nitrogens with two attached hydrogens (primary N) is 1. The molecular weight excluding hydrogens is 605 g/mol. The van der Waals surface area contributed by atoms with Crippen LogP contribution in [0.5, 0.6) is 0 Å². The quantitative estimate of drug-likeness (QED) is 0.0737. The maximum absolute atomic E-state index is 14.7. The third-order valence-corrected chi connectivity index (χ3v) is 7.55. The normalized spacial score (nSPS) is 12.1. The summed E-state index contributed by atoms with van der Waals surface area (Å²) >= 11 is 0. The Labute approximate surface area is 272 Å². The number of imidazole rings is 1. The number of hydrogen-bond donors (Lipinski definition) is 2. The minimum atomic E-state index is -0.866. The minimum Gasteiger partial charge on any atom is -0.469 e. The van der Waals surface area contributed by atoms with E-state index in [9.17, 15) is 18.8 Å². The number of pyridine rings is 1. The highest BCUT2D eigenvalue weighted by Gasteiger charge is 2.22. The molecular formula is C34H40FN7O5. The summed E-state index contributed by atoms with van der Waals surface area (Å²) in [7, 11) is 3.15. The van der Waals surface area contributed by atoms with E-state index in [1.54, 1.807) is 48.7 Å². The van der Waals surface area contributed by atoms with Crippen molar-refractivity contribution in [2.24, 2.45) is 17.8 Å². The number of methoxy groups -OCH3 is 1. The molecule has 0 fully saturated rings. The first-order valence-corrected chi connectivity index (χ1v) is 15.5. The van der Waals surface area contributed by atoms with Gasteiger partial charge < -0.3 is 25.1 Å². The molecule has 4 rings (SSSR count). The molecule has 0 spiro atoms. The fraction of sp³-hybridized carbons (Fsp3) is 0.353. The predicted molar refractivity (Wildman–Crippen MR) is 178 cm³/mol. The number of aryl methyl sites for hydroxylation is 1. The Bertz CT molecular complexity index is 1740. The zero-order chi connectivity index (χ0) is 33.9. The van der Waals surface area contributed by atoms with Crippen LogP contribution in [0.25, 0.3) is 11.0 Å². The van der Waals surface area contributed by atoms with Crippen molar-refractivity contribution in [1.82, 2.24) is 14.5 Å². The number of nitrogens with zero attached hydrogens (tertiary/aromatic N) is 5. The van der Waals surface area contributed by atoms with Gasteiger partial charge in [-0.2, -0.15) is 4.99 Å². The lowest BCUT2D eigenvalue weighted by atomic mass is 10.1. The largest absolute Gasteiger partial charge is 0.469 e. The second-order valence-corrected chi connectivity index (χ2v) is 10.9. The number of halogens is 1. The first-order valence-electron chi connectivity index (χ1n) is 15.5. The molecule has 2 amide bonds. The fourth-order valence-corrected chi connectivity index (χ4v) is 5.04. The van der Waals surface area contributed by atoms with Crippen LogP contribution in [-0.2, 0) is 21.3 Å². The average molecular weight is 646 g/mol. The van der Waals surface area contributed by atoms with Gasteiger partial charge in [0.1, 0.15) is 23.3 Å². The van der Waals surface area contributed by atoms with Gasteiger partial charge in [-0.25, -0.2) is 19.2 Å². The Morgan fingerprint density at radius 2 is 1.91 bits per heavy atom. The van der Waals surface area contributed by atoms with Crippen molar-refractivity contribution in [3.05, 3.63) is 83.6 Å². The van der Waals surface area contributed by atoms with Crippen LogP contribution in [0.2, 0.25) is 0 Å². The summed E-state index contributed by atoms with van der Waals surface area (Å²) in [6, 6.07) is 14.3. The second kappa shape index (κ2) is 16.3. The highest BCUT2D eigenvalue weighted by atomic mass is 19.1. The number of nitrogens with one attached hydrogen (secondary N) is 1. The number of aliphatic imine (C=N–C) groups is 1. The van der Waals surface area contributed by atoms with Gasteiger partial charge in [0.15, 0.2) is 0 Å². The number of amidine groups is 1. The van der Waals surface area contributed by atoms with E-state index in [-0.39, 0.29) is 42.9 Å². The maximum Gasteiger partial charge on any atom is 0.435 e. The fourth-order valence-electron chi connectivity index (χ4n) is 5.04. The van der Waals surface area contributed by atoms with Gasteiger partial charge in [-0.15, -0.1) is 0 Å². The minimum absolute atomic E-state index is 0.00376. The van der Waals surface area contributed by atoms with Crippen molar-refractivity contribution in [1.29, 1.82) is 0 Å². The van der Waals surface area contributed by atoms with Crippen LogP contribution in [0.1, 0.15) is 73.7 Å². The van der Waals surface area contributed by atoms with Gasteiger partial charge in [0, 0.05) is 31.0 Å². The van der Waals surface area contributed by atoms with Crippen LogP contribution in [-0.4, -0.2) is 58.6 Å². The first kappa shape index (κ1) is 34.5. The number of ether oxygens (including phenoxy) is 2. The monoisotopic (exact) mass is 645 g/mol. The number of carbonyl (C=O) groups is 3. The molecule has 248 valence electrons. The lowest BCUT2D eigenvalue weighted by Crippen LogP contribution is -2.33. The predicted octanol–water partition coefficient (Wildman–Crippen LogP) is 5.91. The van der Waals surface area contributed by atoms with Crippen LogP contribution >= 0.6 is 0 Å². The summed E-state index contributed by atoms with van der Waals surface area (Å²) in [5.41, 5.74) is 8.21. The number of rotatable bonds is 14. The van der Waals surface area contributed by atoms with E-state index in [0.717, 1.165) is 31.2 Å². The molecule has 0 aliphatic carbocycles. The van der Waals surface area contributed by atoms with E-state index < -0.39 is 17.9 Å². The van der Waals surface area contributed by atoms with Crippen molar-refractivity contribution >= 4 is 46.3 Å². The summed E-state index contributed by atoms with van der Waals surface area (Å²) in [4.78, 5) is 51.8. The number of anilines is 2.